The Morgan fingerprint density at radius 1 is 1.00 bits per heavy atom. The molecule has 3 aromatic rings. The van der Waals surface area contributed by atoms with Crippen molar-refractivity contribution < 1.29 is 14.3 Å². The Kier molecular flexibility index (Phi) is 8.17. The van der Waals surface area contributed by atoms with E-state index in [0.717, 1.165) is 45.9 Å². The van der Waals surface area contributed by atoms with E-state index in [9.17, 15) is 9.59 Å². The van der Waals surface area contributed by atoms with Crippen LogP contribution in [0.5, 0.6) is 5.75 Å². The van der Waals surface area contributed by atoms with Crippen molar-refractivity contribution in [2.45, 2.75) is 53.4 Å². The minimum atomic E-state index is -0.197. The van der Waals surface area contributed by atoms with Crippen LogP contribution in [0.25, 0.3) is 11.3 Å². The number of ketones is 1. The van der Waals surface area contributed by atoms with Crippen LogP contribution in [0.4, 0.5) is 5.13 Å². The van der Waals surface area contributed by atoms with E-state index in [1.54, 1.807) is 0 Å². The third-order valence-corrected chi connectivity index (χ3v) is 6.30. The van der Waals surface area contributed by atoms with E-state index >= 15 is 0 Å². The van der Waals surface area contributed by atoms with E-state index in [4.69, 9.17) is 4.74 Å². The zero-order chi connectivity index (χ0) is 23.1. The van der Waals surface area contributed by atoms with Crippen molar-refractivity contribution in [2.75, 3.05) is 11.9 Å². The molecule has 0 saturated carbocycles. The Hall–Kier alpha value is -2.99. The van der Waals surface area contributed by atoms with Gasteiger partial charge >= 0.3 is 0 Å². The molecule has 0 bridgehead atoms. The highest BCUT2D eigenvalue weighted by Crippen LogP contribution is 2.33. The fourth-order valence-electron chi connectivity index (χ4n) is 3.37. The first kappa shape index (κ1) is 23.7. The monoisotopic (exact) mass is 450 g/mol. The highest BCUT2D eigenvalue weighted by atomic mass is 32.1. The van der Waals surface area contributed by atoms with Crippen LogP contribution in [-0.4, -0.2) is 23.3 Å². The van der Waals surface area contributed by atoms with E-state index in [0.29, 0.717) is 17.3 Å². The quantitative estimate of drug-likeness (QED) is 0.364. The molecule has 0 radical (unpaired) electrons. The summed E-state index contributed by atoms with van der Waals surface area (Å²) in [6, 6.07) is 13.5. The predicted molar refractivity (Wildman–Crippen MR) is 131 cm³/mol. The van der Waals surface area contributed by atoms with Crippen molar-refractivity contribution >= 4 is 28.2 Å². The summed E-state index contributed by atoms with van der Waals surface area (Å²) in [5.41, 5.74) is 4.76. The third kappa shape index (κ3) is 6.04. The van der Waals surface area contributed by atoms with Gasteiger partial charge in [-0.25, -0.2) is 4.98 Å². The van der Waals surface area contributed by atoms with E-state index in [2.05, 4.69) is 17.2 Å². The summed E-state index contributed by atoms with van der Waals surface area (Å²) < 4.78 is 5.52. The summed E-state index contributed by atoms with van der Waals surface area (Å²) in [6.07, 6.45) is 2.19. The van der Waals surface area contributed by atoms with Gasteiger partial charge in [0.1, 0.15) is 5.75 Å². The second-order valence-corrected chi connectivity index (χ2v) is 8.85. The van der Waals surface area contributed by atoms with Gasteiger partial charge in [0, 0.05) is 28.8 Å². The topological polar surface area (TPSA) is 68.3 Å². The lowest BCUT2D eigenvalue weighted by atomic mass is 10.0. The number of benzene rings is 2. The van der Waals surface area contributed by atoms with Crippen LogP contribution in [0.1, 0.15) is 59.5 Å². The number of aromatic nitrogens is 1. The molecule has 0 unspecified atom stereocenters. The smallest absolute Gasteiger partial charge is 0.226 e. The van der Waals surface area contributed by atoms with Gasteiger partial charge in [-0.1, -0.05) is 25.5 Å². The zero-order valence-corrected chi connectivity index (χ0v) is 20.0. The number of Topliss-reactive ketones (excluding diaryl/α,β-unsaturated/α-hetero) is 1. The van der Waals surface area contributed by atoms with E-state index in [1.165, 1.54) is 11.3 Å². The molecule has 0 aliphatic carbocycles. The van der Waals surface area contributed by atoms with E-state index in [-0.39, 0.29) is 24.5 Å². The molecule has 3 rings (SSSR count). The summed E-state index contributed by atoms with van der Waals surface area (Å²) in [5, 5.41) is 3.45. The van der Waals surface area contributed by atoms with Crippen LogP contribution in [0.15, 0.2) is 42.5 Å². The number of anilines is 1. The molecule has 168 valence electrons. The lowest BCUT2D eigenvalue weighted by molar-refractivity contribution is -0.116. The van der Waals surface area contributed by atoms with Crippen LogP contribution in [0, 0.1) is 13.8 Å². The van der Waals surface area contributed by atoms with Gasteiger partial charge in [0.25, 0.3) is 0 Å². The van der Waals surface area contributed by atoms with Gasteiger partial charge in [-0.2, -0.15) is 0 Å². The molecule has 32 heavy (non-hydrogen) atoms. The second-order valence-electron chi connectivity index (χ2n) is 7.77. The van der Waals surface area contributed by atoms with E-state index < -0.39 is 0 Å². The number of thiazole rings is 1. The molecular formula is C26H30N2O3S. The predicted octanol–water partition coefficient (Wildman–Crippen LogP) is 6.38. The number of nitrogens with one attached hydrogen (secondary N) is 1. The number of rotatable bonds is 10. The Morgan fingerprint density at radius 3 is 2.41 bits per heavy atom. The molecule has 0 aliphatic heterocycles. The average Bonchev–Trinajstić information content (AvgIpc) is 3.17. The molecule has 0 saturated heterocycles. The van der Waals surface area contributed by atoms with Crippen molar-refractivity contribution in [1.29, 1.82) is 0 Å². The average molecular weight is 451 g/mol. The molecule has 2 aromatic carbocycles. The van der Waals surface area contributed by atoms with Crippen LogP contribution in [0.2, 0.25) is 0 Å². The van der Waals surface area contributed by atoms with Crippen LogP contribution in [-0.2, 0) is 11.2 Å². The Morgan fingerprint density at radius 2 is 1.75 bits per heavy atom. The fraction of sp³-hybridized carbons (Fsp3) is 0.346. The SMILES string of the molecule is CCCc1sc(NC(=O)CCC(=O)c2ccc(C)c(C)c2)nc1-c1ccc(OCC)cc1. The standard InChI is InChI=1S/C26H30N2O3S/c1-5-7-23-25(19-10-12-21(13-11-19)31-6-2)28-26(32-23)27-24(30)15-14-22(29)20-9-8-17(3)18(4)16-20/h8-13,16H,5-7,14-15H2,1-4H3,(H,27,28,30). The van der Waals surface area contributed by atoms with Crippen molar-refractivity contribution in [1.82, 2.24) is 4.98 Å². The molecule has 0 fully saturated rings. The summed E-state index contributed by atoms with van der Waals surface area (Å²) in [4.78, 5) is 30.8. The maximum absolute atomic E-state index is 12.5. The van der Waals surface area contributed by atoms with Crippen LogP contribution in [0.3, 0.4) is 0 Å². The third-order valence-electron chi connectivity index (χ3n) is 5.27. The highest BCUT2D eigenvalue weighted by Gasteiger charge is 2.16. The molecule has 0 atom stereocenters. The van der Waals surface area contributed by atoms with Gasteiger partial charge in [-0.05, 0) is 68.7 Å². The fourth-order valence-corrected chi connectivity index (χ4v) is 4.47. The van der Waals surface area contributed by atoms with Crippen molar-refractivity contribution in [3.8, 4) is 17.0 Å². The van der Waals surface area contributed by atoms with Crippen molar-refractivity contribution in [3.05, 3.63) is 64.0 Å². The lowest BCUT2D eigenvalue weighted by Gasteiger charge is -2.05. The maximum Gasteiger partial charge on any atom is 0.226 e. The second kappa shape index (κ2) is 11.0. The minimum absolute atomic E-state index is 0.0239. The summed E-state index contributed by atoms with van der Waals surface area (Å²) in [6.45, 7) is 8.70. The molecule has 1 heterocycles. The van der Waals surface area contributed by atoms with Gasteiger partial charge in [-0.3, -0.25) is 9.59 Å². The summed E-state index contributed by atoms with van der Waals surface area (Å²) in [7, 11) is 0. The normalized spacial score (nSPS) is 10.8. The van der Waals surface area contributed by atoms with E-state index in [1.807, 2.05) is 63.2 Å². The molecule has 6 heteroatoms. The van der Waals surface area contributed by atoms with Gasteiger partial charge < -0.3 is 10.1 Å². The Bertz CT molecular complexity index is 1090. The number of aryl methyl sites for hydroxylation is 3. The number of hydrogen-bond acceptors (Lipinski definition) is 5. The molecule has 1 amide bonds. The van der Waals surface area contributed by atoms with Crippen molar-refractivity contribution in [3.63, 3.8) is 0 Å². The molecule has 1 aromatic heterocycles. The minimum Gasteiger partial charge on any atom is -0.494 e. The number of ether oxygens (including phenoxy) is 1. The first-order valence-corrected chi connectivity index (χ1v) is 11.9. The number of nitrogens with zero attached hydrogens (tertiary/aromatic N) is 1. The highest BCUT2D eigenvalue weighted by molar-refractivity contribution is 7.16. The summed E-state index contributed by atoms with van der Waals surface area (Å²) >= 11 is 1.50. The number of carbonyl (C=O) groups is 2. The molecular weight excluding hydrogens is 420 g/mol. The lowest BCUT2D eigenvalue weighted by Crippen LogP contribution is -2.13. The Balaban J connectivity index is 1.66. The zero-order valence-electron chi connectivity index (χ0n) is 19.2. The van der Waals surface area contributed by atoms with Crippen molar-refractivity contribution in [2.24, 2.45) is 0 Å². The maximum atomic E-state index is 12.5. The number of carbonyl (C=O) groups excluding carboxylic acids is 2. The van der Waals surface area contributed by atoms with Gasteiger partial charge in [0.05, 0.1) is 12.3 Å². The van der Waals surface area contributed by atoms with Gasteiger partial charge in [-0.15, -0.1) is 11.3 Å². The molecule has 0 spiro atoms. The largest absolute Gasteiger partial charge is 0.494 e. The molecule has 1 N–H and O–H groups in total. The van der Waals surface area contributed by atoms with Crippen LogP contribution < -0.4 is 10.1 Å². The van der Waals surface area contributed by atoms with Crippen LogP contribution >= 0.6 is 11.3 Å². The summed E-state index contributed by atoms with van der Waals surface area (Å²) in [5.74, 6) is 0.604. The molecule has 0 aliphatic rings. The van der Waals surface area contributed by atoms with Gasteiger partial charge in [0.2, 0.25) is 5.91 Å². The number of hydrogen-bond donors (Lipinski definition) is 1. The molecule has 5 nitrogen and oxygen atoms in total. The Labute approximate surface area is 193 Å². The van der Waals surface area contributed by atoms with Gasteiger partial charge in [0.15, 0.2) is 10.9 Å². The number of amides is 1. The first-order valence-electron chi connectivity index (χ1n) is 11.0. The first-order chi connectivity index (χ1) is 15.4.